The molecule has 2 aromatic rings. The molecule has 0 radical (unpaired) electrons. The van der Waals surface area contributed by atoms with Crippen molar-refractivity contribution in [2.45, 2.75) is 43.9 Å². The second-order valence-electron chi connectivity index (χ2n) is 6.93. The summed E-state index contributed by atoms with van der Waals surface area (Å²) in [6.07, 6.45) is 1.04. The molecular weight excluding hydrogens is 367 g/mol. The molecule has 3 rings (SSSR count). The summed E-state index contributed by atoms with van der Waals surface area (Å²) in [6, 6.07) is 11.0. The van der Waals surface area contributed by atoms with Crippen molar-refractivity contribution in [3.8, 4) is 11.8 Å². The van der Waals surface area contributed by atoms with Crippen LogP contribution in [-0.2, 0) is 6.18 Å². The average Bonchev–Trinajstić information content (AvgIpc) is 2.67. The lowest BCUT2D eigenvalue weighted by atomic mass is 9.85. The molecule has 1 aliphatic rings. The van der Waals surface area contributed by atoms with E-state index in [1.165, 1.54) is 6.21 Å². The van der Waals surface area contributed by atoms with Gasteiger partial charge in [0.25, 0.3) is 0 Å². The maximum Gasteiger partial charge on any atom is 0.416 e. The van der Waals surface area contributed by atoms with Crippen LogP contribution in [0.25, 0.3) is 0 Å². The molecule has 1 fully saturated rings. The van der Waals surface area contributed by atoms with Crippen LogP contribution in [0.3, 0.4) is 0 Å². The van der Waals surface area contributed by atoms with E-state index in [-0.39, 0.29) is 5.69 Å². The second-order valence-corrected chi connectivity index (χ2v) is 6.93. The lowest BCUT2D eigenvalue weighted by molar-refractivity contribution is -0.354. The maximum atomic E-state index is 12.7. The molecule has 1 aliphatic carbocycles. The van der Waals surface area contributed by atoms with Gasteiger partial charge in [-0.15, -0.1) is 0 Å². The SMILES string of the molecule is [O-]/[N+](=C\c1ccccc1C#CC1(O)CCCCC1)c1ccc(C(F)(F)F)cc1. The minimum absolute atomic E-state index is 0.0849. The zero-order valence-electron chi connectivity index (χ0n) is 15.2. The molecule has 0 aliphatic heterocycles. The molecule has 0 spiro atoms. The van der Waals surface area contributed by atoms with E-state index in [1.54, 1.807) is 24.3 Å². The van der Waals surface area contributed by atoms with Crippen LogP contribution in [0.1, 0.15) is 48.8 Å². The van der Waals surface area contributed by atoms with Gasteiger partial charge in [-0.05, 0) is 49.9 Å². The lowest BCUT2D eigenvalue weighted by Crippen LogP contribution is -2.29. The number of aliphatic hydroxyl groups is 1. The van der Waals surface area contributed by atoms with Crippen LogP contribution >= 0.6 is 0 Å². The quantitative estimate of drug-likeness (QED) is 0.259. The highest BCUT2D eigenvalue weighted by Crippen LogP contribution is 2.30. The fourth-order valence-corrected chi connectivity index (χ4v) is 3.17. The molecule has 0 heterocycles. The fraction of sp³-hybridized carbons (Fsp3) is 0.318. The number of hydrogen-bond donors (Lipinski definition) is 1. The Bertz CT molecular complexity index is 915. The molecule has 3 nitrogen and oxygen atoms in total. The van der Waals surface area contributed by atoms with Crippen LogP contribution in [0.4, 0.5) is 18.9 Å². The van der Waals surface area contributed by atoms with Crippen molar-refractivity contribution in [2.24, 2.45) is 0 Å². The number of alkyl halides is 3. The highest BCUT2D eigenvalue weighted by molar-refractivity contribution is 5.81. The average molecular weight is 387 g/mol. The molecule has 0 saturated heterocycles. The first-order valence-corrected chi connectivity index (χ1v) is 9.10. The van der Waals surface area contributed by atoms with Crippen LogP contribution < -0.4 is 0 Å². The van der Waals surface area contributed by atoms with Crippen molar-refractivity contribution >= 4 is 11.9 Å². The first-order valence-electron chi connectivity index (χ1n) is 9.10. The van der Waals surface area contributed by atoms with Gasteiger partial charge in [-0.1, -0.05) is 30.4 Å². The number of rotatable bonds is 2. The van der Waals surface area contributed by atoms with E-state index in [0.29, 0.717) is 28.7 Å². The summed E-state index contributed by atoms with van der Waals surface area (Å²) >= 11 is 0. The Hall–Kier alpha value is -2.78. The smallest absolute Gasteiger partial charge is 0.416 e. The third kappa shape index (κ3) is 4.93. The largest absolute Gasteiger partial charge is 0.618 e. The van der Waals surface area contributed by atoms with Crippen molar-refractivity contribution in [1.82, 2.24) is 0 Å². The van der Waals surface area contributed by atoms with Gasteiger partial charge in [-0.2, -0.15) is 17.9 Å². The first kappa shape index (κ1) is 20.0. The molecule has 1 saturated carbocycles. The van der Waals surface area contributed by atoms with E-state index >= 15 is 0 Å². The highest BCUT2D eigenvalue weighted by atomic mass is 19.4. The zero-order chi connectivity index (χ0) is 20.2. The second kappa shape index (κ2) is 8.07. The number of halogens is 3. The molecule has 1 N–H and O–H groups in total. The van der Waals surface area contributed by atoms with Gasteiger partial charge in [0.1, 0.15) is 5.60 Å². The van der Waals surface area contributed by atoms with Gasteiger partial charge < -0.3 is 10.3 Å². The molecule has 0 amide bonds. The summed E-state index contributed by atoms with van der Waals surface area (Å²) in [5.41, 5.74) is -0.618. The Morgan fingerprint density at radius 3 is 2.29 bits per heavy atom. The summed E-state index contributed by atoms with van der Waals surface area (Å²) in [7, 11) is 0. The predicted molar refractivity (Wildman–Crippen MR) is 101 cm³/mol. The Labute approximate surface area is 161 Å². The standard InChI is InChI=1S/C22H20F3NO2/c23-22(24,25)19-8-10-20(11-9-19)26(28)16-18-7-3-2-6-17(18)12-15-21(27)13-4-1-5-14-21/h2-3,6-11,16,27H,1,4-5,13-14H2/b26-16-. The summed E-state index contributed by atoms with van der Waals surface area (Å²) in [5, 5.41) is 22.9. The topological polar surface area (TPSA) is 46.3 Å². The van der Waals surface area contributed by atoms with Crippen LogP contribution in [0.15, 0.2) is 48.5 Å². The van der Waals surface area contributed by atoms with E-state index in [1.807, 2.05) is 0 Å². The monoisotopic (exact) mass is 387 g/mol. The molecule has 0 aromatic heterocycles. The van der Waals surface area contributed by atoms with Gasteiger partial charge in [0.05, 0.1) is 11.1 Å². The van der Waals surface area contributed by atoms with Crippen molar-refractivity contribution in [3.05, 3.63) is 70.4 Å². The minimum atomic E-state index is -4.45. The van der Waals surface area contributed by atoms with Gasteiger partial charge in [-0.25, -0.2) is 0 Å². The Kier molecular flexibility index (Phi) is 5.76. The van der Waals surface area contributed by atoms with E-state index < -0.39 is 17.3 Å². The summed E-state index contributed by atoms with van der Waals surface area (Å²) in [6.45, 7) is 0. The van der Waals surface area contributed by atoms with Gasteiger partial charge in [-0.3, -0.25) is 0 Å². The van der Waals surface area contributed by atoms with Crippen molar-refractivity contribution in [2.75, 3.05) is 0 Å². The Morgan fingerprint density at radius 1 is 1.00 bits per heavy atom. The van der Waals surface area contributed by atoms with E-state index in [4.69, 9.17) is 0 Å². The van der Waals surface area contributed by atoms with Gasteiger partial charge in [0.2, 0.25) is 5.69 Å². The van der Waals surface area contributed by atoms with Crippen LogP contribution in [-0.4, -0.2) is 21.7 Å². The Balaban J connectivity index is 1.86. The maximum absolute atomic E-state index is 12.7. The molecular formula is C22H20F3NO2. The van der Waals surface area contributed by atoms with E-state index in [0.717, 1.165) is 43.5 Å². The van der Waals surface area contributed by atoms with Gasteiger partial charge in [0, 0.05) is 17.7 Å². The molecule has 0 unspecified atom stereocenters. The molecule has 2 aromatic carbocycles. The summed E-state index contributed by atoms with van der Waals surface area (Å²) in [4.78, 5) is 0. The van der Waals surface area contributed by atoms with Crippen LogP contribution in [0.5, 0.6) is 0 Å². The summed E-state index contributed by atoms with van der Waals surface area (Å²) in [5.74, 6) is 5.90. The number of nitrogens with zero attached hydrogens (tertiary/aromatic N) is 1. The Morgan fingerprint density at radius 2 is 1.64 bits per heavy atom. The molecule has 0 bridgehead atoms. The third-order valence-corrected chi connectivity index (χ3v) is 4.78. The number of benzene rings is 2. The van der Waals surface area contributed by atoms with Gasteiger partial charge in [0.15, 0.2) is 6.21 Å². The van der Waals surface area contributed by atoms with Crippen LogP contribution in [0.2, 0.25) is 0 Å². The minimum Gasteiger partial charge on any atom is -0.618 e. The molecule has 6 heteroatoms. The van der Waals surface area contributed by atoms with Crippen molar-refractivity contribution < 1.29 is 23.0 Å². The highest BCUT2D eigenvalue weighted by Gasteiger charge is 2.30. The molecule has 0 atom stereocenters. The molecule has 146 valence electrons. The van der Waals surface area contributed by atoms with E-state index in [9.17, 15) is 23.5 Å². The lowest BCUT2D eigenvalue weighted by Gasteiger charge is -2.26. The predicted octanol–water partition coefficient (Wildman–Crippen LogP) is 5.01. The van der Waals surface area contributed by atoms with Crippen LogP contribution in [0, 0.1) is 17.0 Å². The van der Waals surface area contributed by atoms with Crippen molar-refractivity contribution in [3.63, 3.8) is 0 Å². The summed E-state index contributed by atoms with van der Waals surface area (Å²) < 4.78 is 38.5. The molecule has 28 heavy (non-hydrogen) atoms. The fourth-order valence-electron chi connectivity index (χ4n) is 3.17. The normalized spacial score (nSPS) is 16.9. The van der Waals surface area contributed by atoms with Gasteiger partial charge >= 0.3 is 6.18 Å². The first-order chi connectivity index (χ1) is 13.3. The number of hydrogen-bond acceptors (Lipinski definition) is 2. The van der Waals surface area contributed by atoms with Crippen molar-refractivity contribution in [1.29, 1.82) is 0 Å². The third-order valence-electron chi connectivity index (χ3n) is 4.78. The van der Waals surface area contributed by atoms with E-state index in [2.05, 4.69) is 11.8 Å². The zero-order valence-corrected chi connectivity index (χ0v) is 15.2.